The van der Waals surface area contributed by atoms with Crippen LogP contribution in [0.3, 0.4) is 0 Å². The highest BCUT2D eigenvalue weighted by molar-refractivity contribution is 7.89. The lowest BCUT2D eigenvalue weighted by atomic mass is 9.91. The van der Waals surface area contributed by atoms with E-state index in [-0.39, 0.29) is 42.5 Å². The second-order valence-corrected chi connectivity index (χ2v) is 9.36. The Hall–Kier alpha value is -2.39. The molecule has 1 aliphatic carbocycles. The largest absolute Gasteiger partial charge is 0.492 e. The molecule has 0 aliphatic heterocycles. The topological polar surface area (TPSA) is 99.2 Å². The molecule has 1 aromatic heterocycles. The number of nitrogens with zero attached hydrogens (tertiary/aromatic N) is 2. The monoisotopic (exact) mass is 462 g/mol. The van der Waals surface area contributed by atoms with E-state index in [1.807, 2.05) is 30.3 Å². The maximum atomic E-state index is 12.2. The summed E-state index contributed by atoms with van der Waals surface area (Å²) in [5, 5.41) is 0.000252. The van der Waals surface area contributed by atoms with Gasteiger partial charge < -0.3 is 15.0 Å². The molecule has 1 aliphatic rings. The summed E-state index contributed by atoms with van der Waals surface area (Å²) in [5.41, 5.74) is 10.2. The number of fused-ring (bicyclic) bond motifs is 1. The van der Waals surface area contributed by atoms with E-state index in [0.717, 1.165) is 18.6 Å². The molecular formula is C22H27ClN4O3S. The summed E-state index contributed by atoms with van der Waals surface area (Å²) in [7, 11) is -1.91. The standard InChI is InChI=1S/C22H26N4O3S.ClH/c1-26-14-22(24-15-26)30(27,28)25-9-10-29-18-8-7-17-12-21(23)20(19(17)13-18)11-16-5-3-2-4-6-16;/h2-8,13-15,20-21,25H,9-12,23H2,1H3;1H. The fourth-order valence-electron chi connectivity index (χ4n) is 3.90. The molecule has 0 saturated heterocycles. The average Bonchev–Trinajstić information content (AvgIpc) is 3.30. The van der Waals surface area contributed by atoms with Crippen LogP contribution in [0, 0.1) is 0 Å². The van der Waals surface area contributed by atoms with Gasteiger partial charge in [-0.3, -0.25) is 0 Å². The van der Waals surface area contributed by atoms with Crippen LogP contribution in [0.2, 0.25) is 0 Å². The number of aryl methyl sites for hydroxylation is 1. The van der Waals surface area contributed by atoms with Crippen molar-refractivity contribution in [2.45, 2.75) is 29.8 Å². The van der Waals surface area contributed by atoms with Gasteiger partial charge >= 0.3 is 0 Å². The molecule has 166 valence electrons. The Bertz CT molecular complexity index is 1120. The zero-order valence-corrected chi connectivity index (χ0v) is 18.9. The number of imidazole rings is 1. The van der Waals surface area contributed by atoms with Crippen LogP contribution in [-0.2, 0) is 29.9 Å². The summed E-state index contributed by atoms with van der Waals surface area (Å²) < 4.78 is 34.3. The number of halogens is 1. The van der Waals surface area contributed by atoms with Crippen molar-refractivity contribution in [3.05, 3.63) is 77.7 Å². The van der Waals surface area contributed by atoms with Crippen LogP contribution in [0.15, 0.2) is 66.1 Å². The number of nitrogens with one attached hydrogen (secondary N) is 1. The second kappa shape index (κ2) is 9.82. The lowest BCUT2D eigenvalue weighted by Crippen LogP contribution is -2.28. The Balaban J connectivity index is 0.00000272. The predicted molar refractivity (Wildman–Crippen MR) is 122 cm³/mol. The minimum absolute atomic E-state index is 0. The summed E-state index contributed by atoms with van der Waals surface area (Å²) in [5.74, 6) is 0.964. The van der Waals surface area contributed by atoms with Gasteiger partial charge in [-0.05, 0) is 41.7 Å². The van der Waals surface area contributed by atoms with Gasteiger partial charge in [0.1, 0.15) is 12.4 Å². The molecule has 0 spiro atoms. The van der Waals surface area contributed by atoms with Gasteiger partial charge in [-0.2, -0.15) is 0 Å². The van der Waals surface area contributed by atoms with Crippen LogP contribution in [0.5, 0.6) is 5.75 Å². The van der Waals surface area contributed by atoms with Gasteiger partial charge in [-0.25, -0.2) is 18.1 Å². The minimum Gasteiger partial charge on any atom is -0.492 e. The Kier molecular flexibility index (Phi) is 7.38. The molecule has 0 saturated carbocycles. The number of hydrogen-bond acceptors (Lipinski definition) is 5. The third kappa shape index (κ3) is 5.46. The van der Waals surface area contributed by atoms with Crippen molar-refractivity contribution in [2.75, 3.05) is 13.2 Å². The van der Waals surface area contributed by atoms with E-state index >= 15 is 0 Å². The van der Waals surface area contributed by atoms with Crippen LogP contribution in [0.4, 0.5) is 0 Å². The third-order valence-corrected chi connectivity index (χ3v) is 6.75. The fourth-order valence-corrected chi connectivity index (χ4v) is 4.89. The smallest absolute Gasteiger partial charge is 0.259 e. The van der Waals surface area contributed by atoms with Crippen molar-refractivity contribution in [1.82, 2.24) is 14.3 Å². The van der Waals surface area contributed by atoms with E-state index in [1.165, 1.54) is 29.2 Å². The lowest BCUT2D eigenvalue weighted by Gasteiger charge is -2.17. The van der Waals surface area contributed by atoms with Crippen molar-refractivity contribution < 1.29 is 13.2 Å². The highest BCUT2D eigenvalue weighted by Crippen LogP contribution is 2.37. The van der Waals surface area contributed by atoms with Crippen LogP contribution in [0.25, 0.3) is 0 Å². The van der Waals surface area contributed by atoms with Crippen LogP contribution in [0.1, 0.15) is 22.6 Å². The molecule has 4 rings (SSSR count). The van der Waals surface area contributed by atoms with E-state index in [0.29, 0.717) is 0 Å². The van der Waals surface area contributed by atoms with E-state index < -0.39 is 10.0 Å². The number of hydrogen-bond donors (Lipinski definition) is 2. The number of aromatic nitrogens is 2. The van der Waals surface area contributed by atoms with Gasteiger partial charge in [0, 0.05) is 31.7 Å². The van der Waals surface area contributed by atoms with E-state index in [4.69, 9.17) is 10.5 Å². The summed E-state index contributed by atoms with van der Waals surface area (Å²) in [6.45, 7) is 0.378. The van der Waals surface area contributed by atoms with E-state index in [9.17, 15) is 8.42 Å². The van der Waals surface area contributed by atoms with Gasteiger partial charge in [-0.15, -0.1) is 12.4 Å². The number of nitrogens with two attached hydrogens (primary N) is 1. The number of rotatable bonds is 8. The average molecular weight is 463 g/mol. The zero-order chi connectivity index (χ0) is 21.1. The fraction of sp³-hybridized carbons (Fsp3) is 0.318. The molecule has 1 heterocycles. The molecule has 9 heteroatoms. The van der Waals surface area contributed by atoms with Crippen LogP contribution < -0.4 is 15.2 Å². The molecule has 7 nitrogen and oxygen atoms in total. The molecule has 0 fully saturated rings. The van der Waals surface area contributed by atoms with Gasteiger partial charge in [0.05, 0.1) is 6.33 Å². The second-order valence-electron chi connectivity index (χ2n) is 7.65. The van der Waals surface area contributed by atoms with Crippen molar-refractivity contribution in [3.8, 4) is 5.75 Å². The maximum absolute atomic E-state index is 12.2. The molecule has 2 unspecified atom stereocenters. The first-order valence-electron chi connectivity index (χ1n) is 9.95. The Morgan fingerprint density at radius 3 is 2.71 bits per heavy atom. The van der Waals surface area contributed by atoms with Crippen molar-refractivity contribution in [2.24, 2.45) is 12.8 Å². The van der Waals surface area contributed by atoms with Gasteiger partial charge in [0.25, 0.3) is 10.0 Å². The Morgan fingerprint density at radius 1 is 1.23 bits per heavy atom. The highest BCUT2D eigenvalue weighted by Gasteiger charge is 2.30. The molecule has 2 atom stereocenters. The van der Waals surface area contributed by atoms with Crippen molar-refractivity contribution in [1.29, 1.82) is 0 Å². The normalized spacial score (nSPS) is 17.7. The quantitative estimate of drug-likeness (QED) is 0.501. The molecule has 2 aromatic carbocycles. The zero-order valence-electron chi connectivity index (χ0n) is 17.3. The molecule has 0 radical (unpaired) electrons. The Morgan fingerprint density at radius 2 is 2.00 bits per heavy atom. The number of benzene rings is 2. The lowest BCUT2D eigenvalue weighted by molar-refractivity contribution is 0.322. The predicted octanol–water partition coefficient (Wildman–Crippen LogP) is 2.41. The first kappa shape index (κ1) is 23.3. The first-order chi connectivity index (χ1) is 14.4. The van der Waals surface area contributed by atoms with E-state index in [1.54, 1.807) is 11.6 Å². The molecule has 3 aromatic rings. The Labute approximate surface area is 189 Å². The highest BCUT2D eigenvalue weighted by atomic mass is 35.5. The van der Waals surface area contributed by atoms with Gasteiger partial charge in [0.15, 0.2) is 5.03 Å². The summed E-state index contributed by atoms with van der Waals surface area (Å²) in [6.07, 6.45) is 4.66. The molecule has 31 heavy (non-hydrogen) atoms. The number of ether oxygens (including phenoxy) is 1. The van der Waals surface area contributed by atoms with E-state index in [2.05, 4.69) is 27.9 Å². The van der Waals surface area contributed by atoms with Crippen LogP contribution >= 0.6 is 12.4 Å². The van der Waals surface area contributed by atoms with Crippen molar-refractivity contribution in [3.63, 3.8) is 0 Å². The van der Waals surface area contributed by atoms with Gasteiger partial charge in [0.2, 0.25) is 0 Å². The van der Waals surface area contributed by atoms with Crippen molar-refractivity contribution >= 4 is 22.4 Å². The minimum atomic E-state index is -3.63. The van der Waals surface area contributed by atoms with Gasteiger partial charge in [-0.1, -0.05) is 36.4 Å². The molecule has 0 bridgehead atoms. The van der Waals surface area contributed by atoms with Crippen LogP contribution in [-0.4, -0.2) is 37.2 Å². The summed E-state index contributed by atoms with van der Waals surface area (Å²) in [6, 6.07) is 16.5. The maximum Gasteiger partial charge on any atom is 0.259 e. The first-order valence-corrected chi connectivity index (χ1v) is 11.4. The molecular weight excluding hydrogens is 436 g/mol. The summed E-state index contributed by atoms with van der Waals surface area (Å²) >= 11 is 0. The molecule has 0 amide bonds. The third-order valence-electron chi connectivity index (χ3n) is 5.41. The SMILES string of the molecule is Cl.Cn1cnc(S(=O)(=O)NCCOc2ccc3c(c2)C(Cc2ccccc2)C(N)C3)c1. The summed E-state index contributed by atoms with van der Waals surface area (Å²) in [4.78, 5) is 3.87. The number of sulfonamides is 1. The molecule has 3 N–H and O–H groups in total.